The normalized spacial score (nSPS) is 16.9. The number of ketones is 1. The maximum atomic E-state index is 12.5. The largest absolute Gasteiger partial charge is 0.478 e. The Morgan fingerprint density at radius 1 is 1.09 bits per heavy atom. The number of Topliss-reactive ketones (excluding diaryl/α,β-unsaturated/α-hetero) is 1. The van der Waals surface area contributed by atoms with Crippen LogP contribution in [0.4, 0.5) is 0 Å². The molecule has 1 unspecified atom stereocenters. The molecule has 2 aromatic carbocycles. The summed E-state index contributed by atoms with van der Waals surface area (Å²) in [6.07, 6.45) is 1.46. The number of aliphatic carboxylic acids is 1. The molecule has 0 fully saturated rings. The van der Waals surface area contributed by atoms with Crippen molar-refractivity contribution in [1.29, 1.82) is 0 Å². The Labute approximate surface area is 134 Å². The van der Waals surface area contributed by atoms with Gasteiger partial charge in [-0.25, -0.2) is 4.79 Å². The molecule has 0 bridgehead atoms. The molecule has 0 aliphatic carbocycles. The minimum absolute atomic E-state index is 0.101. The van der Waals surface area contributed by atoms with Gasteiger partial charge in [-0.15, -0.1) is 0 Å². The van der Waals surface area contributed by atoms with Gasteiger partial charge in [-0.2, -0.15) is 0 Å². The molecule has 23 heavy (non-hydrogen) atoms. The number of carbonyl (C=O) groups excluding carboxylic acids is 1. The highest BCUT2D eigenvalue weighted by molar-refractivity contribution is 6.00. The van der Waals surface area contributed by atoms with Crippen LogP contribution in [0.2, 0.25) is 0 Å². The van der Waals surface area contributed by atoms with Crippen molar-refractivity contribution < 1.29 is 14.7 Å². The van der Waals surface area contributed by atoms with E-state index in [0.717, 1.165) is 16.7 Å². The highest BCUT2D eigenvalue weighted by atomic mass is 16.4. The second-order valence-corrected chi connectivity index (χ2v) is 5.54. The van der Waals surface area contributed by atoms with Gasteiger partial charge in [-0.05, 0) is 22.8 Å². The van der Waals surface area contributed by atoms with Crippen LogP contribution in [-0.2, 0) is 16.1 Å². The van der Waals surface area contributed by atoms with E-state index < -0.39 is 12.0 Å². The van der Waals surface area contributed by atoms with E-state index in [2.05, 4.69) is 5.32 Å². The van der Waals surface area contributed by atoms with Gasteiger partial charge in [0.25, 0.3) is 0 Å². The molecule has 0 aromatic heterocycles. The first-order valence-corrected chi connectivity index (χ1v) is 7.48. The van der Waals surface area contributed by atoms with Crippen molar-refractivity contribution in [1.82, 2.24) is 5.32 Å². The lowest BCUT2D eigenvalue weighted by molar-refractivity contribution is -0.134. The third kappa shape index (κ3) is 3.38. The molecule has 4 nitrogen and oxygen atoms in total. The Bertz CT molecular complexity index is 765. The summed E-state index contributed by atoms with van der Waals surface area (Å²) in [5, 5.41) is 12.5. The average molecular weight is 307 g/mol. The van der Waals surface area contributed by atoms with Crippen molar-refractivity contribution in [3.05, 3.63) is 76.9 Å². The average Bonchev–Trinajstić information content (AvgIpc) is 2.99. The SMILES string of the molecule is O=C(O)C(=Cc1ccccc1)CC(=O)C1NCc2ccccc21. The molecule has 4 heteroatoms. The third-order valence-electron chi connectivity index (χ3n) is 3.96. The molecule has 0 radical (unpaired) electrons. The second-order valence-electron chi connectivity index (χ2n) is 5.54. The third-order valence-corrected chi connectivity index (χ3v) is 3.96. The van der Waals surface area contributed by atoms with Gasteiger partial charge in [-0.1, -0.05) is 54.6 Å². The molecule has 3 rings (SSSR count). The zero-order chi connectivity index (χ0) is 16.2. The Kier molecular flexibility index (Phi) is 4.35. The summed E-state index contributed by atoms with van der Waals surface area (Å²) in [6, 6.07) is 16.5. The minimum Gasteiger partial charge on any atom is -0.478 e. The lowest BCUT2D eigenvalue weighted by Gasteiger charge is -2.11. The predicted molar refractivity (Wildman–Crippen MR) is 87.7 cm³/mol. The first-order valence-electron chi connectivity index (χ1n) is 7.48. The Morgan fingerprint density at radius 3 is 2.52 bits per heavy atom. The van der Waals surface area contributed by atoms with Crippen LogP contribution in [0.1, 0.15) is 29.2 Å². The molecule has 0 saturated heterocycles. The molecule has 0 saturated carbocycles. The van der Waals surface area contributed by atoms with E-state index in [1.54, 1.807) is 6.08 Å². The lowest BCUT2D eigenvalue weighted by atomic mass is 9.96. The fraction of sp³-hybridized carbons (Fsp3) is 0.158. The Balaban J connectivity index is 1.81. The summed E-state index contributed by atoms with van der Waals surface area (Å²) in [7, 11) is 0. The monoisotopic (exact) mass is 307 g/mol. The number of benzene rings is 2. The van der Waals surface area contributed by atoms with Crippen LogP contribution in [0.5, 0.6) is 0 Å². The van der Waals surface area contributed by atoms with Crippen molar-refractivity contribution in [3.63, 3.8) is 0 Å². The highest BCUT2D eigenvalue weighted by Crippen LogP contribution is 2.27. The van der Waals surface area contributed by atoms with Crippen LogP contribution in [0, 0.1) is 0 Å². The van der Waals surface area contributed by atoms with Crippen LogP contribution >= 0.6 is 0 Å². The van der Waals surface area contributed by atoms with E-state index in [1.807, 2.05) is 54.6 Å². The number of nitrogens with one attached hydrogen (secondary N) is 1. The maximum absolute atomic E-state index is 12.5. The van der Waals surface area contributed by atoms with Gasteiger partial charge < -0.3 is 5.11 Å². The summed E-state index contributed by atoms with van der Waals surface area (Å²) < 4.78 is 0. The van der Waals surface area contributed by atoms with Crippen LogP contribution in [-0.4, -0.2) is 16.9 Å². The van der Waals surface area contributed by atoms with E-state index in [0.29, 0.717) is 6.54 Å². The van der Waals surface area contributed by atoms with Crippen molar-refractivity contribution in [2.45, 2.75) is 19.0 Å². The standard InChI is InChI=1S/C19H17NO3/c21-17(18-16-9-5-4-8-14(16)12-20-18)11-15(19(22)23)10-13-6-2-1-3-7-13/h1-10,18,20H,11-12H2,(H,22,23). The van der Waals surface area contributed by atoms with Crippen LogP contribution in [0.25, 0.3) is 6.08 Å². The number of rotatable bonds is 5. The highest BCUT2D eigenvalue weighted by Gasteiger charge is 2.28. The number of carboxylic acids is 1. The molecule has 1 aliphatic heterocycles. The molecular formula is C19H17NO3. The molecule has 116 valence electrons. The first kappa shape index (κ1) is 15.2. The zero-order valence-corrected chi connectivity index (χ0v) is 12.5. The van der Waals surface area contributed by atoms with E-state index in [-0.39, 0.29) is 17.8 Å². The molecule has 0 amide bonds. The van der Waals surface area contributed by atoms with Gasteiger partial charge in [0.05, 0.1) is 6.04 Å². The van der Waals surface area contributed by atoms with Gasteiger partial charge in [-0.3, -0.25) is 10.1 Å². The van der Waals surface area contributed by atoms with Crippen LogP contribution in [0.15, 0.2) is 60.2 Å². The zero-order valence-electron chi connectivity index (χ0n) is 12.5. The van der Waals surface area contributed by atoms with Crippen molar-refractivity contribution in [2.24, 2.45) is 0 Å². The topological polar surface area (TPSA) is 66.4 Å². The molecular weight excluding hydrogens is 290 g/mol. The number of hydrogen-bond donors (Lipinski definition) is 2. The van der Waals surface area contributed by atoms with Gasteiger partial charge in [0.2, 0.25) is 0 Å². The fourth-order valence-electron chi connectivity index (χ4n) is 2.81. The van der Waals surface area contributed by atoms with Crippen molar-refractivity contribution >= 4 is 17.8 Å². The summed E-state index contributed by atoms with van der Waals surface area (Å²) >= 11 is 0. The number of carbonyl (C=O) groups is 2. The van der Waals surface area contributed by atoms with E-state index in [4.69, 9.17) is 0 Å². The van der Waals surface area contributed by atoms with E-state index in [1.165, 1.54) is 0 Å². The second kappa shape index (κ2) is 6.58. The predicted octanol–water partition coefficient (Wildman–Crippen LogP) is 2.96. The fourth-order valence-corrected chi connectivity index (χ4v) is 2.81. The first-order chi connectivity index (χ1) is 11.1. The Morgan fingerprint density at radius 2 is 1.78 bits per heavy atom. The molecule has 0 spiro atoms. The lowest BCUT2D eigenvalue weighted by Crippen LogP contribution is -2.23. The minimum atomic E-state index is -1.06. The number of carboxylic acid groups (broad SMARTS) is 1. The quantitative estimate of drug-likeness (QED) is 0.834. The van der Waals surface area contributed by atoms with E-state index in [9.17, 15) is 14.7 Å². The molecule has 1 aliphatic rings. The van der Waals surface area contributed by atoms with Gasteiger partial charge in [0.1, 0.15) is 0 Å². The Hall–Kier alpha value is -2.72. The van der Waals surface area contributed by atoms with Crippen molar-refractivity contribution in [2.75, 3.05) is 0 Å². The molecule has 2 aromatic rings. The molecule has 1 heterocycles. The summed E-state index contributed by atoms with van der Waals surface area (Å²) in [6.45, 7) is 0.636. The summed E-state index contributed by atoms with van der Waals surface area (Å²) in [4.78, 5) is 24.0. The van der Waals surface area contributed by atoms with Gasteiger partial charge in [0, 0.05) is 18.5 Å². The maximum Gasteiger partial charge on any atom is 0.332 e. The number of hydrogen-bond acceptors (Lipinski definition) is 3. The van der Waals surface area contributed by atoms with Crippen molar-refractivity contribution in [3.8, 4) is 0 Å². The van der Waals surface area contributed by atoms with Gasteiger partial charge >= 0.3 is 5.97 Å². The summed E-state index contributed by atoms with van der Waals surface area (Å²) in [5.41, 5.74) is 2.92. The number of fused-ring (bicyclic) bond motifs is 1. The molecule has 1 atom stereocenters. The van der Waals surface area contributed by atoms with E-state index >= 15 is 0 Å². The van der Waals surface area contributed by atoms with Crippen LogP contribution < -0.4 is 5.32 Å². The smallest absolute Gasteiger partial charge is 0.332 e. The summed E-state index contributed by atoms with van der Waals surface area (Å²) in [5.74, 6) is -1.19. The molecule has 2 N–H and O–H groups in total. The van der Waals surface area contributed by atoms with Crippen LogP contribution in [0.3, 0.4) is 0 Å². The van der Waals surface area contributed by atoms with Gasteiger partial charge in [0.15, 0.2) is 5.78 Å².